The lowest BCUT2D eigenvalue weighted by Gasteiger charge is -2.24. The molecule has 1 fully saturated rings. The third-order valence-corrected chi connectivity index (χ3v) is 4.64. The van der Waals surface area contributed by atoms with Gasteiger partial charge in [-0.1, -0.05) is 25.0 Å². The SMILES string of the molecule is C/C=C/c1cc(C(=O)OC(C)C(=O)N2CCCCCC2)cc(OC)c1OC. The lowest BCUT2D eigenvalue weighted by molar-refractivity contribution is -0.139. The maximum Gasteiger partial charge on any atom is 0.339 e. The van der Waals surface area contributed by atoms with Crippen LogP contribution in [0.25, 0.3) is 6.08 Å². The summed E-state index contributed by atoms with van der Waals surface area (Å²) in [7, 11) is 3.06. The highest BCUT2D eigenvalue weighted by Gasteiger charge is 2.25. The molecule has 6 nitrogen and oxygen atoms in total. The van der Waals surface area contributed by atoms with Gasteiger partial charge in [0, 0.05) is 18.7 Å². The van der Waals surface area contributed by atoms with Crippen molar-refractivity contribution in [1.29, 1.82) is 0 Å². The number of rotatable bonds is 6. The fourth-order valence-corrected chi connectivity index (χ4v) is 3.24. The Morgan fingerprint density at radius 1 is 1.07 bits per heavy atom. The van der Waals surface area contributed by atoms with E-state index in [1.54, 1.807) is 31.1 Å². The lowest BCUT2D eigenvalue weighted by Crippen LogP contribution is -2.40. The molecule has 148 valence electrons. The first kappa shape index (κ1) is 20.8. The van der Waals surface area contributed by atoms with Gasteiger partial charge in [-0.25, -0.2) is 4.79 Å². The molecule has 1 saturated heterocycles. The minimum absolute atomic E-state index is 0.139. The number of hydrogen-bond donors (Lipinski definition) is 0. The number of allylic oxidation sites excluding steroid dienone is 1. The van der Waals surface area contributed by atoms with Crippen LogP contribution in [-0.2, 0) is 9.53 Å². The second kappa shape index (κ2) is 10.00. The van der Waals surface area contributed by atoms with Crippen LogP contribution in [0.4, 0.5) is 0 Å². The molecule has 0 aliphatic carbocycles. The van der Waals surface area contributed by atoms with Crippen LogP contribution in [0, 0.1) is 0 Å². The summed E-state index contributed by atoms with van der Waals surface area (Å²) in [4.78, 5) is 27.0. The van der Waals surface area contributed by atoms with Crippen molar-refractivity contribution in [3.63, 3.8) is 0 Å². The molecule has 0 spiro atoms. The number of hydrogen-bond acceptors (Lipinski definition) is 5. The van der Waals surface area contributed by atoms with E-state index in [1.165, 1.54) is 7.11 Å². The van der Waals surface area contributed by atoms with E-state index in [4.69, 9.17) is 14.2 Å². The number of methoxy groups -OCH3 is 2. The van der Waals surface area contributed by atoms with Gasteiger partial charge in [-0.15, -0.1) is 0 Å². The molecule has 1 aliphatic heterocycles. The maximum atomic E-state index is 12.6. The summed E-state index contributed by atoms with van der Waals surface area (Å²) in [5, 5.41) is 0. The minimum Gasteiger partial charge on any atom is -0.493 e. The van der Waals surface area contributed by atoms with Crippen LogP contribution in [0.5, 0.6) is 11.5 Å². The Hall–Kier alpha value is -2.50. The summed E-state index contributed by atoms with van der Waals surface area (Å²) in [5.41, 5.74) is 1.02. The Labute approximate surface area is 161 Å². The zero-order valence-corrected chi connectivity index (χ0v) is 16.6. The van der Waals surface area contributed by atoms with Gasteiger partial charge in [0.1, 0.15) is 0 Å². The van der Waals surface area contributed by atoms with Crippen LogP contribution < -0.4 is 9.47 Å². The molecular weight excluding hydrogens is 346 g/mol. The predicted molar refractivity (Wildman–Crippen MR) is 104 cm³/mol. The van der Waals surface area contributed by atoms with E-state index in [-0.39, 0.29) is 5.91 Å². The van der Waals surface area contributed by atoms with Crippen molar-refractivity contribution in [1.82, 2.24) is 4.90 Å². The Balaban J connectivity index is 2.16. The Kier molecular flexibility index (Phi) is 7.70. The van der Waals surface area contributed by atoms with Gasteiger partial charge in [-0.2, -0.15) is 0 Å². The van der Waals surface area contributed by atoms with Crippen LogP contribution in [0.15, 0.2) is 18.2 Å². The van der Waals surface area contributed by atoms with Gasteiger partial charge < -0.3 is 19.1 Å². The van der Waals surface area contributed by atoms with Crippen LogP contribution in [0.1, 0.15) is 55.5 Å². The molecule has 1 heterocycles. The van der Waals surface area contributed by atoms with Gasteiger partial charge in [0.05, 0.1) is 19.8 Å². The Morgan fingerprint density at radius 3 is 2.30 bits per heavy atom. The number of nitrogens with zero attached hydrogens (tertiary/aromatic N) is 1. The van der Waals surface area contributed by atoms with Crippen LogP contribution in [0.2, 0.25) is 0 Å². The van der Waals surface area contributed by atoms with Gasteiger partial charge in [0.15, 0.2) is 17.6 Å². The fourth-order valence-electron chi connectivity index (χ4n) is 3.24. The van der Waals surface area contributed by atoms with Crippen molar-refractivity contribution in [3.8, 4) is 11.5 Å². The monoisotopic (exact) mass is 375 g/mol. The number of likely N-dealkylation sites (tertiary alicyclic amines) is 1. The summed E-state index contributed by atoms with van der Waals surface area (Å²) in [5.74, 6) is 0.282. The summed E-state index contributed by atoms with van der Waals surface area (Å²) >= 11 is 0. The molecule has 1 unspecified atom stereocenters. The van der Waals surface area contributed by atoms with Gasteiger partial charge in [0.2, 0.25) is 0 Å². The topological polar surface area (TPSA) is 65.1 Å². The normalized spacial score (nSPS) is 15.9. The van der Waals surface area contributed by atoms with Crippen molar-refractivity contribution < 1.29 is 23.8 Å². The van der Waals surface area contributed by atoms with E-state index in [2.05, 4.69) is 0 Å². The van der Waals surface area contributed by atoms with E-state index in [1.807, 2.05) is 19.1 Å². The molecular formula is C21H29NO5. The van der Waals surface area contributed by atoms with Gasteiger partial charge in [0.25, 0.3) is 5.91 Å². The van der Waals surface area contributed by atoms with E-state index in [0.717, 1.165) is 38.8 Å². The standard InChI is InChI=1S/C21H29NO5/c1-5-10-16-13-17(14-18(25-3)19(16)26-4)21(24)27-15(2)20(23)22-11-8-6-7-9-12-22/h5,10,13-15H,6-9,11-12H2,1-4H3/b10-5+. The molecule has 1 aromatic carbocycles. The first-order valence-electron chi connectivity index (χ1n) is 9.40. The van der Waals surface area contributed by atoms with Crippen molar-refractivity contribution in [2.75, 3.05) is 27.3 Å². The van der Waals surface area contributed by atoms with Gasteiger partial charge >= 0.3 is 5.97 Å². The summed E-state index contributed by atoms with van der Waals surface area (Å²) < 4.78 is 16.2. The zero-order valence-electron chi connectivity index (χ0n) is 16.6. The minimum atomic E-state index is -0.825. The molecule has 1 atom stereocenters. The van der Waals surface area contributed by atoms with Crippen LogP contribution in [-0.4, -0.2) is 50.2 Å². The van der Waals surface area contributed by atoms with E-state index < -0.39 is 12.1 Å². The first-order valence-corrected chi connectivity index (χ1v) is 9.40. The lowest BCUT2D eigenvalue weighted by atomic mass is 10.1. The zero-order chi connectivity index (χ0) is 19.8. The Morgan fingerprint density at radius 2 is 1.74 bits per heavy atom. The van der Waals surface area contributed by atoms with Gasteiger partial charge in [-0.05, 0) is 38.8 Å². The third kappa shape index (κ3) is 5.25. The number of amides is 1. The number of esters is 1. The maximum absolute atomic E-state index is 12.6. The predicted octanol–water partition coefficient (Wildman–Crippen LogP) is 3.68. The molecule has 0 saturated carbocycles. The number of benzene rings is 1. The smallest absolute Gasteiger partial charge is 0.339 e. The molecule has 1 amide bonds. The second-order valence-corrected chi connectivity index (χ2v) is 6.59. The van der Waals surface area contributed by atoms with E-state index in [0.29, 0.717) is 22.6 Å². The van der Waals surface area contributed by atoms with E-state index in [9.17, 15) is 9.59 Å². The van der Waals surface area contributed by atoms with Gasteiger partial charge in [-0.3, -0.25) is 4.79 Å². The van der Waals surface area contributed by atoms with Crippen LogP contribution in [0.3, 0.4) is 0 Å². The number of carbonyl (C=O) groups excluding carboxylic acids is 2. The van der Waals surface area contributed by atoms with Crippen molar-refractivity contribution in [2.45, 2.75) is 45.6 Å². The molecule has 2 rings (SSSR count). The molecule has 27 heavy (non-hydrogen) atoms. The molecule has 1 aliphatic rings. The molecule has 1 aromatic rings. The van der Waals surface area contributed by atoms with Crippen molar-refractivity contribution >= 4 is 18.0 Å². The van der Waals surface area contributed by atoms with Crippen molar-refractivity contribution in [3.05, 3.63) is 29.3 Å². The van der Waals surface area contributed by atoms with E-state index >= 15 is 0 Å². The molecule has 0 aromatic heterocycles. The second-order valence-electron chi connectivity index (χ2n) is 6.59. The fraction of sp³-hybridized carbons (Fsp3) is 0.524. The largest absolute Gasteiger partial charge is 0.493 e. The highest BCUT2D eigenvalue weighted by atomic mass is 16.5. The summed E-state index contributed by atoms with van der Waals surface area (Å²) in [6.07, 6.45) is 7.11. The highest BCUT2D eigenvalue weighted by molar-refractivity contribution is 5.94. The highest BCUT2D eigenvalue weighted by Crippen LogP contribution is 2.34. The molecule has 6 heteroatoms. The summed E-state index contributed by atoms with van der Waals surface area (Å²) in [6, 6.07) is 3.24. The summed E-state index contributed by atoms with van der Waals surface area (Å²) in [6.45, 7) is 4.95. The van der Waals surface area contributed by atoms with Crippen LogP contribution >= 0.6 is 0 Å². The third-order valence-electron chi connectivity index (χ3n) is 4.64. The average Bonchev–Trinajstić information content (AvgIpc) is 2.96. The molecule has 0 N–H and O–H groups in total. The van der Waals surface area contributed by atoms with Crippen molar-refractivity contribution in [2.24, 2.45) is 0 Å². The molecule has 0 radical (unpaired) electrons. The Bertz CT molecular complexity index is 690. The molecule has 0 bridgehead atoms. The number of carbonyl (C=O) groups is 2. The first-order chi connectivity index (χ1) is 13.0. The number of ether oxygens (including phenoxy) is 3. The average molecular weight is 375 g/mol. The quantitative estimate of drug-likeness (QED) is 0.710.